The molecule has 1 amide bonds. The van der Waals surface area contributed by atoms with Crippen LogP contribution in [0, 0.1) is 13.8 Å². The normalized spacial score (nSPS) is 16.3. The maximum absolute atomic E-state index is 13.1. The van der Waals surface area contributed by atoms with Crippen molar-refractivity contribution in [3.8, 4) is 0 Å². The van der Waals surface area contributed by atoms with Gasteiger partial charge in [-0.3, -0.25) is 4.79 Å². The van der Waals surface area contributed by atoms with Gasteiger partial charge >= 0.3 is 6.03 Å². The molecule has 1 aromatic heterocycles. The Bertz CT molecular complexity index is 859. The molecule has 1 heterocycles. The Morgan fingerprint density at radius 1 is 1.22 bits per heavy atom. The Morgan fingerprint density at radius 3 is 2.52 bits per heavy atom. The van der Waals surface area contributed by atoms with Gasteiger partial charge in [0.1, 0.15) is 5.76 Å². The van der Waals surface area contributed by atoms with Gasteiger partial charge in [-0.25, -0.2) is 4.79 Å². The zero-order valence-electron chi connectivity index (χ0n) is 16.8. The number of hydrogen-bond donors (Lipinski definition) is 0. The lowest BCUT2D eigenvalue weighted by atomic mass is 9.90. The average molecular weight is 370 g/mol. The Hall–Kier alpha value is -2.30. The summed E-state index contributed by atoms with van der Waals surface area (Å²) in [5.41, 5.74) is 2.44. The first-order valence-electron chi connectivity index (χ1n) is 10.0. The van der Waals surface area contributed by atoms with E-state index < -0.39 is 0 Å². The van der Waals surface area contributed by atoms with Crippen molar-refractivity contribution in [2.24, 2.45) is 0 Å². The molecule has 1 atom stereocenters. The highest BCUT2D eigenvalue weighted by atomic mass is 16.5. The molecule has 3 rings (SSSR count). The van der Waals surface area contributed by atoms with Crippen LogP contribution in [0.1, 0.15) is 74.3 Å². The second-order valence-electron chi connectivity index (χ2n) is 7.60. The van der Waals surface area contributed by atoms with Crippen LogP contribution in [0.3, 0.4) is 0 Å². The fourth-order valence-corrected chi connectivity index (χ4v) is 4.39. The average Bonchev–Trinajstić information content (AvgIpc) is 2.97. The third-order valence-corrected chi connectivity index (χ3v) is 5.89. The van der Waals surface area contributed by atoms with Gasteiger partial charge in [-0.15, -0.1) is 0 Å². The van der Waals surface area contributed by atoms with Gasteiger partial charge in [0.15, 0.2) is 0 Å². The Morgan fingerprint density at radius 2 is 1.89 bits per heavy atom. The van der Waals surface area contributed by atoms with Gasteiger partial charge in [-0.2, -0.15) is 0 Å². The van der Waals surface area contributed by atoms with Crippen molar-refractivity contribution in [3.63, 3.8) is 0 Å². The predicted octanol–water partition coefficient (Wildman–Crippen LogP) is 4.83. The first kappa shape index (κ1) is 19.5. The lowest BCUT2D eigenvalue weighted by molar-refractivity contribution is 0.134. The van der Waals surface area contributed by atoms with Gasteiger partial charge in [0, 0.05) is 18.5 Å². The number of nitrogens with zero attached hydrogens (tertiary/aromatic N) is 2. The smallest absolute Gasteiger partial charge is 0.361 e. The molecule has 2 aromatic rings. The molecule has 0 N–H and O–H groups in total. The number of carbonyl (C=O) groups is 1. The molecule has 0 radical (unpaired) electrons. The molecule has 146 valence electrons. The van der Waals surface area contributed by atoms with Crippen molar-refractivity contribution in [1.29, 1.82) is 0 Å². The van der Waals surface area contributed by atoms with Crippen LogP contribution in [0.15, 0.2) is 33.6 Å². The zero-order valence-corrected chi connectivity index (χ0v) is 16.8. The maximum Gasteiger partial charge on any atom is 0.361 e. The van der Waals surface area contributed by atoms with Gasteiger partial charge in [-0.1, -0.05) is 55.2 Å². The van der Waals surface area contributed by atoms with E-state index in [4.69, 9.17) is 4.52 Å². The third kappa shape index (κ3) is 3.73. The van der Waals surface area contributed by atoms with E-state index in [0.29, 0.717) is 17.9 Å². The molecule has 0 aliphatic heterocycles. The highest BCUT2D eigenvalue weighted by Crippen LogP contribution is 2.28. The summed E-state index contributed by atoms with van der Waals surface area (Å²) < 4.78 is 6.65. The van der Waals surface area contributed by atoms with Crippen LogP contribution in [-0.2, 0) is 0 Å². The number of aryl methyl sites for hydroxylation is 2. The van der Waals surface area contributed by atoms with E-state index in [1.165, 1.54) is 6.42 Å². The second-order valence-corrected chi connectivity index (χ2v) is 7.60. The molecular formula is C22H30N2O3. The largest absolute Gasteiger partial charge is 0.372 e. The van der Waals surface area contributed by atoms with Crippen molar-refractivity contribution in [1.82, 2.24) is 9.64 Å². The molecule has 1 aliphatic rings. The number of carbonyl (C=O) groups excluding carboxylic acids is 1. The summed E-state index contributed by atoms with van der Waals surface area (Å²) in [5.74, 6) is 0.394. The van der Waals surface area contributed by atoms with E-state index in [2.05, 4.69) is 0 Å². The number of aromatic nitrogens is 1. The zero-order chi connectivity index (χ0) is 19.6. The van der Waals surface area contributed by atoms with E-state index in [1.54, 1.807) is 11.8 Å². The fourth-order valence-electron chi connectivity index (χ4n) is 4.39. The Balaban J connectivity index is 1.94. The molecule has 1 aromatic carbocycles. The van der Waals surface area contributed by atoms with Crippen LogP contribution in [0.25, 0.3) is 0 Å². The van der Waals surface area contributed by atoms with Crippen molar-refractivity contribution < 1.29 is 9.32 Å². The maximum atomic E-state index is 13.1. The van der Waals surface area contributed by atoms with Gasteiger partial charge in [-0.05, 0) is 44.7 Å². The van der Waals surface area contributed by atoms with Gasteiger partial charge in [0.2, 0.25) is 0 Å². The van der Waals surface area contributed by atoms with Crippen LogP contribution in [0.2, 0.25) is 0 Å². The molecular weight excluding hydrogens is 340 g/mol. The van der Waals surface area contributed by atoms with Crippen LogP contribution in [0.4, 0.5) is 4.79 Å². The lowest BCUT2D eigenvalue weighted by Gasteiger charge is -2.32. The first-order chi connectivity index (χ1) is 13.0. The number of amides is 1. The molecule has 1 fully saturated rings. The minimum absolute atomic E-state index is 0.124. The second kappa shape index (κ2) is 8.15. The molecule has 0 bridgehead atoms. The summed E-state index contributed by atoms with van der Waals surface area (Å²) in [5, 5.41) is 0. The Kier molecular flexibility index (Phi) is 5.88. The number of hydrogen-bond acceptors (Lipinski definition) is 3. The molecule has 27 heavy (non-hydrogen) atoms. The highest BCUT2D eigenvalue weighted by Gasteiger charge is 2.30. The van der Waals surface area contributed by atoms with Gasteiger partial charge < -0.3 is 9.42 Å². The van der Waals surface area contributed by atoms with Crippen LogP contribution in [-0.4, -0.2) is 28.3 Å². The van der Waals surface area contributed by atoms with Crippen LogP contribution >= 0.6 is 0 Å². The highest BCUT2D eigenvalue weighted by molar-refractivity contribution is 5.76. The van der Waals surface area contributed by atoms with E-state index in [1.807, 2.05) is 45.0 Å². The molecule has 5 nitrogen and oxygen atoms in total. The predicted molar refractivity (Wildman–Crippen MR) is 106 cm³/mol. The molecule has 1 aliphatic carbocycles. The summed E-state index contributed by atoms with van der Waals surface area (Å²) >= 11 is 0. The fraction of sp³-hybridized carbons (Fsp3) is 0.545. The van der Waals surface area contributed by atoms with E-state index in [-0.39, 0.29) is 23.6 Å². The Labute approximate surface area is 160 Å². The topological polar surface area (TPSA) is 55.5 Å². The minimum Gasteiger partial charge on any atom is -0.372 e. The minimum atomic E-state index is -0.333. The van der Waals surface area contributed by atoms with Crippen LogP contribution in [0.5, 0.6) is 0 Å². The summed E-state index contributed by atoms with van der Waals surface area (Å²) in [6.45, 7) is 8.34. The van der Waals surface area contributed by atoms with E-state index in [9.17, 15) is 9.59 Å². The van der Waals surface area contributed by atoms with Crippen molar-refractivity contribution >= 4 is 6.03 Å². The standard InChI is InChI=1S/C22H30N2O3/c1-5-23(18-12-7-6-8-13-18)22(26)24-21(25)20(17(4)27-24)16(3)19-14-10-9-11-15(19)2/h9-11,14,16,18H,5-8,12-13H2,1-4H3. The van der Waals surface area contributed by atoms with Crippen molar-refractivity contribution in [2.45, 2.75) is 71.8 Å². The van der Waals surface area contributed by atoms with E-state index in [0.717, 1.165) is 41.5 Å². The number of benzene rings is 1. The summed E-state index contributed by atoms with van der Waals surface area (Å²) in [6.07, 6.45) is 5.49. The quantitative estimate of drug-likeness (QED) is 0.774. The van der Waals surface area contributed by atoms with Crippen molar-refractivity contribution in [3.05, 3.63) is 57.1 Å². The van der Waals surface area contributed by atoms with Gasteiger partial charge in [0.05, 0.1) is 5.56 Å². The molecule has 1 saturated carbocycles. The SMILES string of the molecule is CCN(C(=O)n1oc(C)c(C(C)c2ccccc2C)c1=O)C1CCCCC1. The lowest BCUT2D eigenvalue weighted by Crippen LogP contribution is -2.45. The summed E-state index contributed by atoms with van der Waals surface area (Å²) in [7, 11) is 0. The summed E-state index contributed by atoms with van der Waals surface area (Å²) in [4.78, 5) is 28.0. The third-order valence-electron chi connectivity index (χ3n) is 5.89. The number of rotatable bonds is 4. The van der Waals surface area contributed by atoms with E-state index >= 15 is 0 Å². The van der Waals surface area contributed by atoms with Gasteiger partial charge in [0.25, 0.3) is 5.56 Å². The summed E-state index contributed by atoms with van der Waals surface area (Å²) in [6, 6.07) is 7.88. The molecule has 0 saturated heterocycles. The molecule has 0 spiro atoms. The molecule has 5 heteroatoms. The first-order valence-corrected chi connectivity index (χ1v) is 10.0. The van der Waals surface area contributed by atoms with Crippen molar-refractivity contribution in [2.75, 3.05) is 6.54 Å². The van der Waals surface area contributed by atoms with Crippen LogP contribution < -0.4 is 5.56 Å². The monoisotopic (exact) mass is 370 g/mol. The molecule has 1 unspecified atom stereocenters.